The second-order valence-corrected chi connectivity index (χ2v) is 4.31. The summed E-state index contributed by atoms with van der Waals surface area (Å²) >= 11 is 0. The largest absolute Gasteiger partial charge is 0.476 e. The van der Waals surface area contributed by atoms with Gasteiger partial charge in [0, 0.05) is 24.6 Å². The minimum Gasteiger partial charge on any atom is -0.476 e. The number of aryl methyl sites for hydroxylation is 1. The molecule has 2 aromatic rings. The van der Waals surface area contributed by atoms with Crippen molar-refractivity contribution < 1.29 is 19.0 Å². The molecule has 1 unspecified atom stereocenters. The molecule has 98 valence electrons. The Morgan fingerprint density at radius 2 is 2.26 bits per heavy atom. The Kier molecular flexibility index (Phi) is 2.70. The first-order valence-electron chi connectivity index (χ1n) is 5.87. The highest BCUT2D eigenvalue weighted by Gasteiger charge is 2.26. The van der Waals surface area contributed by atoms with Crippen LogP contribution in [0.3, 0.4) is 0 Å². The van der Waals surface area contributed by atoms with E-state index < -0.39 is 12.1 Å². The fourth-order valence-electron chi connectivity index (χ4n) is 2.16. The summed E-state index contributed by atoms with van der Waals surface area (Å²) in [5, 5.41) is 12.8. The van der Waals surface area contributed by atoms with E-state index in [1.54, 1.807) is 18.2 Å². The third-order valence-electron chi connectivity index (χ3n) is 3.08. The van der Waals surface area contributed by atoms with Crippen LogP contribution in [0.25, 0.3) is 0 Å². The SMILES string of the molecule is O=C(O)c1cc2n(n1)CCC(c1ccccc1F)O2. The molecule has 1 atom stereocenters. The van der Waals surface area contributed by atoms with E-state index in [0.717, 1.165) is 0 Å². The van der Waals surface area contributed by atoms with Crippen LogP contribution in [-0.2, 0) is 6.54 Å². The van der Waals surface area contributed by atoms with Gasteiger partial charge in [0.05, 0.1) is 0 Å². The highest BCUT2D eigenvalue weighted by atomic mass is 19.1. The van der Waals surface area contributed by atoms with E-state index in [1.165, 1.54) is 16.8 Å². The van der Waals surface area contributed by atoms with Gasteiger partial charge in [0.15, 0.2) is 5.69 Å². The number of benzene rings is 1. The molecule has 3 rings (SSSR count). The zero-order valence-corrected chi connectivity index (χ0v) is 9.91. The summed E-state index contributed by atoms with van der Waals surface area (Å²) in [6.45, 7) is 0.502. The molecule has 6 heteroatoms. The van der Waals surface area contributed by atoms with Crippen LogP contribution < -0.4 is 4.74 Å². The molecule has 0 amide bonds. The van der Waals surface area contributed by atoms with Gasteiger partial charge in [-0.15, -0.1) is 0 Å². The van der Waals surface area contributed by atoms with Crippen molar-refractivity contribution in [2.24, 2.45) is 0 Å². The Morgan fingerprint density at radius 1 is 1.47 bits per heavy atom. The first-order chi connectivity index (χ1) is 9.15. The number of aromatic carboxylic acids is 1. The molecule has 19 heavy (non-hydrogen) atoms. The van der Waals surface area contributed by atoms with Gasteiger partial charge in [0.1, 0.15) is 11.9 Å². The van der Waals surface area contributed by atoms with Crippen molar-refractivity contribution in [2.45, 2.75) is 19.1 Å². The summed E-state index contributed by atoms with van der Waals surface area (Å²) in [7, 11) is 0. The number of fused-ring (bicyclic) bond motifs is 1. The Bertz CT molecular complexity index is 639. The maximum atomic E-state index is 13.7. The predicted octanol–water partition coefficient (Wildman–Crippen LogP) is 2.24. The first-order valence-corrected chi connectivity index (χ1v) is 5.87. The van der Waals surface area contributed by atoms with Crippen molar-refractivity contribution in [3.8, 4) is 5.88 Å². The Hall–Kier alpha value is -2.37. The molecule has 5 nitrogen and oxygen atoms in total. The second-order valence-electron chi connectivity index (χ2n) is 4.31. The van der Waals surface area contributed by atoms with Crippen LogP contribution in [0.5, 0.6) is 5.88 Å². The van der Waals surface area contributed by atoms with Gasteiger partial charge in [-0.05, 0) is 6.07 Å². The zero-order chi connectivity index (χ0) is 13.4. The molecule has 0 saturated carbocycles. The number of nitrogens with zero attached hydrogens (tertiary/aromatic N) is 2. The van der Waals surface area contributed by atoms with Gasteiger partial charge in [-0.2, -0.15) is 5.10 Å². The molecular formula is C13H11FN2O3. The molecule has 0 radical (unpaired) electrons. The van der Waals surface area contributed by atoms with Crippen molar-refractivity contribution in [1.29, 1.82) is 0 Å². The van der Waals surface area contributed by atoms with Gasteiger partial charge < -0.3 is 9.84 Å². The van der Waals surface area contributed by atoms with E-state index in [9.17, 15) is 9.18 Å². The normalized spacial score (nSPS) is 17.6. The lowest BCUT2D eigenvalue weighted by Gasteiger charge is -2.25. The number of carboxylic acids is 1. The summed E-state index contributed by atoms with van der Waals surface area (Å²) in [6.07, 6.45) is 0.140. The second kappa shape index (κ2) is 4.38. The smallest absolute Gasteiger partial charge is 0.356 e. The fraction of sp³-hybridized carbons (Fsp3) is 0.231. The average Bonchev–Trinajstić information content (AvgIpc) is 2.82. The van der Waals surface area contributed by atoms with Crippen molar-refractivity contribution in [1.82, 2.24) is 9.78 Å². The van der Waals surface area contributed by atoms with E-state index in [0.29, 0.717) is 24.4 Å². The lowest BCUT2D eigenvalue weighted by atomic mass is 10.1. The van der Waals surface area contributed by atoms with Crippen molar-refractivity contribution in [3.05, 3.63) is 47.4 Å². The minimum atomic E-state index is -1.10. The van der Waals surface area contributed by atoms with Crippen molar-refractivity contribution >= 4 is 5.97 Å². The predicted molar refractivity (Wildman–Crippen MR) is 63.6 cm³/mol. The molecule has 0 bridgehead atoms. The van der Waals surface area contributed by atoms with E-state index in [-0.39, 0.29) is 11.5 Å². The Morgan fingerprint density at radius 3 is 3.00 bits per heavy atom. The van der Waals surface area contributed by atoms with Crippen molar-refractivity contribution in [3.63, 3.8) is 0 Å². The standard InChI is InChI=1S/C13H11FN2O3/c14-9-4-2-1-3-8(9)11-5-6-16-12(19-11)7-10(15-16)13(17)18/h1-4,7,11H,5-6H2,(H,17,18). The number of hydrogen-bond donors (Lipinski definition) is 1. The first kappa shape index (κ1) is 11.7. The van der Waals surface area contributed by atoms with Crippen LogP contribution in [0.1, 0.15) is 28.6 Å². The summed E-state index contributed by atoms with van der Waals surface area (Å²) in [6, 6.07) is 7.78. The number of ether oxygens (including phenoxy) is 1. The molecule has 0 saturated heterocycles. The Labute approximate surface area is 108 Å². The van der Waals surface area contributed by atoms with Crippen LogP contribution in [0.2, 0.25) is 0 Å². The molecule has 1 aromatic carbocycles. The number of carboxylic acid groups (broad SMARTS) is 1. The third-order valence-corrected chi connectivity index (χ3v) is 3.08. The van der Waals surface area contributed by atoms with E-state index in [2.05, 4.69) is 5.10 Å². The lowest BCUT2D eigenvalue weighted by Crippen LogP contribution is -2.20. The zero-order valence-electron chi connectivity index (χ0n) is 9.91. The summed E-state index contributed by atoms with van der Waals surface area (Å²) < 4.78 is 20.8. The van der Waals surface area contributed by atoms with Crippen LogP contribution in [-0.4, -0.2) is 20.9 Å². The van der Waals surface area contributed by atoms with E-state index >= 15 is 0 Å². The summed E-state index contributed by atoms with van der Waals surface area (Å²) in [4.78, 5) is 10.8. The average molecular weight is 262 g/mol. The van der Waals surface area contributed by atoms with Gasteiger partial charge in [-0.25, -0.2) is 13.9 Å². The van der Waals surface area contributed by atoms with E-state index in [4.69, 9.17) is 9.84 Å². The number of rotatable bonds is 2. The minimum absolute atomic E-state index is 0.0656. The molecule has 0 fully saturated rings. The number of aromatic nitrogens is 2. The summed E-state index contributed by atoms with van der Waals surface area (Å²) in [5.41, 5.74) is 0.413. The number of hydrogen-bond acceptors (Lipinski definition) is 3. The van der Waals surface area contributed by atoms with Crippen LogP contribution in [0.15, 0.2) is 30.3 Å². The Balaban J connectivity index is 1.90. The summed E-state index contributed by atoms with van der Waals surface area (Å²) in [5.74, 6) is -1.07. The molecule has 0 aliphatic carbocycles. The molecule has 1 aliphatic heterocycles. The van der Waals surface area contributed by atoms with Gasteiger partial charge in [-0.1, -0.05) is 18.2 Å². The van der Waals surface area contributed by atoms with Crippen LogP contribution in [0, 0.1) is 5.82 Å². The highest BCUT2D eigenvalue weighted by Crippen LogP contribution is 2.32. The van der Waals surface area contributed by atoms with Crippen LogP contribution >= 0.6 is 0 Å². The van der Waals surface area contributed by atoms with Crippen LogP contribution in [0.4, 0.5) is 4.39 Å². The molecular weight excluding hydrogens is 251 g/mol. The molecule has 0 spiro atoms. The van der Waals surface area contributed by atoms with Crippen molar-refractivity contribution in [2.75, 3.05) is 0 Å². The third kappa shape index (κ3) is 2.05. The number of halogens is 1. The van der Waals surface area contributed by atoms with Gasteiger partial charge >= 0.3 is 5.97 Å². The molecule has 2 heterocycles. The topological polar surface area (TPSA) is 64.3 Å². The van der Waals surface area contributed by atoms with Gasteiger partial charge in [0.25, 0.3) is 0 Å². The lowest BCUT2D eigenvalue weighted by molar-refractivity contribution is 0.0689. The molecule has 1 N–H and O–H groups in total. The monoisotopic (exact) mass is 262 g/mol. The van der Waals surface area contributed by atoms with E-state index in [1.807, 2.05) is 0 Å². The number of carbonyl (C=O) groups is 1. The maximum Gasteiger partial charge on any atom is 0.356 e. The van der Waals surface area contributed by atoms with Gasteiger partial charge in [0.2, 0.25) is 5.88 Å². The molecule has 1 aromatic heterocycles. The highest BCUT2D eigenvalue weighted by molar-refractivity contribution is 5.85. The maximum absolute atomic E-state index is 13.7. The van der Waals surface area contributed by atoms with Gasteiger partial charge in [-0.3, -0.25) is 0 Å². The quantitative estimate of drug-likeness (QED) is 0.901. The molecule has 1 aliphatic rings. The fourth-order valence-corrected chi connectivity index (χ4v) is 2.16.